The molecule has 1 atom stereocenters. The number of amides is 1. The highest BCUT2D eigenvalue weighted by molar-refractivity contribution is 5.96. The zero-order chi connectivity index (χ0) is 18.0. The van der Waals surface area contributed by atoms with Crippen molar-refractivity contribution in [2.75, 3.05) is 12.4 Å². The Morgan fingerprint density at radius 1 is 1.20 bits per heavy atom. The molecule has 3 N–H and O–H groups in total. The van der Waals surface area contributed by atoms with Crippen molar-refractivity contribution in [1.29, 1.82) is 0 Å². The first-order valence-electron chi connectivity index (χ1n) is 7.90. The molecule has 1 aromatic heterocycles. The smallest absolute Gasteiger partial charge is 0.323 e. The number of anilines is 1. The second-order valence-corrected chi connectivity index (χ2v) is 6.01. The van der Waals surface area contributed by atoms with Gasteiger partial charge in [0.2, 0.25) is 5.91 Å². The molecule has 0 saturated heterocycles. The third-order valence-corrected chi connectivity index (χ3v) is 4.20. The summed E-state index contributed by atoms with van der Waals surface area (Å²) in [5.41, 5.74) is 2.12. The average Bonchev–Trinajstić information content (AvgIpc) is 2.95. The predicted octanol–water partition coefficient (Wildman–Crippen LogP) is 2.45. The van der Waals surface area contributed by atoms with Crippen LogP contribution in [0, 0.1) is 5.82 Å². The molecule has 1 amide bonds. The molecule has 2 aromatic carbocycles. The lowest BCUT2D eigenvalue weighted by atomic mass is 10.1. The Balaban J connectivity index is 1.68. The van der Waals surface area contributed by atoms with Gasteiger partial charge in [-0.2, -0.15) is 0 Å². The van der Waals surface area contributed by atoms with Gasteiger partial charge in [-0.1, -0.05) is 18.2 Å². The maximum Gasteiger partial charge on any atom is 0.323 e. The van der Waals surface area contributed by atoms with Crippen LogP contribution in [-0.4, -0.2) is 33.9 Å². The number of aromatic nitrogens is 2. The van der Waals surface area contributed by atoms with E-state index >= 15 is 0 Å². The SMILES string of the molecule is C[C@@H](C(=O)Nc1ccc2[nH]c(=O)[nH]c2c1)N(C)Cc1ccccc1F. The van der Waals surface area contributed by atoms with Gasteiger partial charge in [0.1, 0.15) is 5.82 Å². The molecule has 0 saturated carbocycles. The number of halogens is 1. The molecular weight excluding hydrogens is 323 g/mol. The third-order valence-electron chi connectivity index (χ3n) is 4.20. The van der Waals surface area contributed by atoms with Gasteiger partial charge < -0.3 is 15.3 Å². The zero-order valence-corrected chi connectivity index (χ0v) is 14.0. The molecule has 0 radical (unpaired) electrons. The minimum Gasteiger partial charge on any atom is -0.325 e. The van der Waals surface area contributed by atoms with E-state index in [1.165, 1.54) is 6.07 Å². The van der Waals surface area contributed by atoms with Crippen LogP contribution < -0.4 is 11.0 Å². The largest absolute Gasteiger partial charge is 0.325 e. The van der Waals surface area contributed by atoms with E-state index in [2.05, 4.69) is 15.3 Å². The van der Waals surface area contributed by atoms with Crippen LogP contribution in [0.1, 0.15) is 12.5 Å². The summed E-state index contributed by atoms with van der Waals surface area (Å²) >= 11 is 0. The topological polar surface area (TPSA) is 81.0 Å². The normalized spacial score (nSPS) is 12.5. The van der Waals surface area contributed by atoms with Crippen molar-refractivity contribution in [2.24, 2.45) is 0 Å². The first-order valence-corrected chi connectivity index (χ1v) is 7.90. The number of likely N-dealkylation sites (N-methyl/N-ethyl adjacent to an activating group) is 1. The minimum absolute atomic E-state index is 0.212. The van der Waals surface area contributed by atoms with Gasteiger partial charge in [-0.15, -0.1) is 0 Å². The summed E-state index contributed by atoms with van der Waals surface area (Å²) in [6, 6.07) is 11.2. The highest BCUT2D eigenvalue weighted by atomic mass is 19.1. The Hall–Kier alpha value is -2.93. The average molecular weight is 342 g/mol. The van der Waals surface area contributed by atoms with Crippen molar-refractivity contribution in [1.82, 2.24) is 14.9 Å². The number of hydrogen-bond acceptors (Lipinski definition) is 3. The highest BCUT2D eigenvalue weighted by Gasteiger charge is 2.19. The van der Waals surface area contributed by atoms with E-state index in [0.717, 1.165) is 0 Å². The van der Waals surface area contributed by atoms with Gasteiger partial charge in [-0.05, 0) is 38.2 Å². The fourth-order valence-corrected chi connectivity index (χ4v) is 2.59. The summed E-state index contributed by atoms with van der Waals surface area (Å²) in [5, 5.41) is 2.81. The molecule has 3 rings (SSSR count). The second-order valence-electron chi connectivity index (χ2n) is 6.01. The molecule has 1 heterocycles. The quantitative estimate of drug-likeness (QED) is 0.666. The van der Waals surface area contributed by atoms with E-state index in [-0.39, 0.29) is 17.4 Å². The van der Waals surface area contributed by atoms with Crippen molar-refractivity contribution < 1.29 is 9.18 Å². The molecule has 0 aliphatic heterocycles. The first kappa shape index (κ1) is 16.9. The van der Waals surface area contributed by atoms with Crippen molar-refractivity contribution in [3.05, 3.63) is 64.3 Å². The Morgan fingerprint density at radius 2 is 1.92 bits per heavy atom. The summed E-state index contributed by atoms with van der Waals surface area (Å²) < 4.78 is 13.8. The standard InChI is InChI=1S/C18H19FN4O2/c1-11(23(2)10-12-5-3-4-6-14(12)19)17(24)20-13-7-8-15-16(9-13)22-18(25)21-15/h3-9,11H,10H2,1-2H3,(H,20,24)(H2,21,22,25)/t11-/m0/s1. The lowest BCUT2D eigenvalue weighted by Crippen LogP contribution is -2.39. The molecule has 0 aliphatic carbocycles. The molecule has 0 unspecified atom stereocenters. The number of nitrogens with one attached hydrogen (secondary N) is 3. The maximum absolute atomic E-state index is 13.8. The van der Waals surface area contributed by atoms with Gasteiger partial charge in [-0.3, -0.25) is 9.69 Å². The fourth-order valence-electron chi connectivity index (χ4n) is 2.59. The van der Waals surface area contributed by atoms with Crippen LogP contribution in [-0.2, 0) is 11.3 Å². The van der Waals surface area contributed by atoms with Crippen molar-refractivity contribution in [2.45, 2.75) is 19.5 Å². The van der Waals surface area contributed by atoms with E-state index in [9.17, 15) is 14.0 Å². The summed E-state index contributed by atoms with van der Waals surface area (Å²) in [5.74, 6) is -0.500. The van der Waals surface area contributed by atoms with E-state index in [1.54, 1.807) is 55.3 Å². The van der Waals surface area contributed by atoms with Crippen LogP contribution in [0.5, 0.6) is 0 Å². The summed E-state index contributed by atoms with van der Waals surface area (Å²) in [7, 11) is 1.77. The number of hydrogen-bond donors (Lipinski definition) is 3. The van der Waals surface area contributed by atoms with Crippen LogP contribution in [0.3, 0.4) is 0 Å². The van der Waals surface area contributed by atoms with Gasteiger partial charge in [0.05, 0.1) is 17.1 Å². The van der Waals surface area contributed by atoms with Gasteiger partial charge in [0.25, 0.3) is 0 Å². The van der Waals surface area contributed by atoms with Gasteiger partial charge >= 0.3 is 5.69 Å². The fraction of sp³-hybridized carbons (Fsp3) is 0.222. The molecule has 0 aliphatic rings. The van der Waals surface area contributed by atoms with Crippen LogP contribution in [0.15, 0.2) is 47.3 Å². The van der Waals surface area contributed by atoms with Gasteiger partial charge in [0.15, 0.2) is 0 Å². The number of nitrogens with zero attached hydrogens (tertiary/aromatic N) is 1. The molecule has 0 spiro atoms. The van der Waals surface area contributed by atoms with E-state index in [1.807, 2.05) is 0 Å². The minimum atomic E-state index is -0.458. The van der Waals surface area contributed by atoms with Gasteiger partial charge in [0, 0.05) is 17.8 Å². The second kappa shape index (κ2) is 6.90. The van der Waals surface area contributed by atoms with Crippen LogP contribution in [0.4, 0.5) is 10.1 Å². The van der Waals surface area contributed by atoms with Crippen LogP contribution in [0.2, 0.25) is 0 Å². The summed E-state index contributed by atoms with van der Waals surface area (Å²) in [6.07, 6.45) is 0. The monoisotopic (exact) mass is 342 g/mol. The molecule has 7 heteroatoms. The highest BCUT2D eigenvalue weighted by Crippen LogP contribution is 2.16. The molecular formula is C18H19FN4O2. The Labute approximate surface area is 143 Å². The molecule has 0 fully saturated rings. The summed E-state index contributed by atoms with van der Waals surface area (Å²) in [6.45, 7) is 2.08. The Kier molecular flexibility index (Phi) is 4.67. The van der Waals surface area contributed by atoms with Gasteiger partial charge in [-0.25, -0.2) is 9.18 Å². The van der Waals surface area contributed by atoms with Crippen molar-refractivity contribution >= 4 is 22.6 Å². The van der Waals surface area contributed by atoms with Crippen molar-refractivity contribution in [3.63, 3.8) is 0 Å². The Bertz CT molecular complexity index is 963. The number of benzene rings is 2. The van der Waals surface area contributed by atoms with Crippen molar-refractivity contribution in [3.8, 4) is 0 Å². The predicted molar refractivity (Wildman–Crippen MR) is 94.9 cm³/mol. The van der Waals surface area contributed by atoms with E-state index in [0.29, 0.717) is 28.8 Å². The van der Waals surface area contributed by atoms with Crippen LogP contribution in [0.25, 0.3) is 11.0 Å². The van der Waals surface area contributed by atoms with Crippen LogP contribution >= 0.6 is 0 Å². The molecule has 130 valence electrons. The molecule has 6 nitrogen and oxygen atoms in total. The first-order chi connectivity index (χ1) is 11.9. The number of imidazole rings is 1. The lowest BCUT2D eigenvalue weighted by molar-refractivity contribution is -0.120. The lowest BCUT2D eigenvalue weighted by Gasteiger charge is -2.24. The zero-order valence-electron chi connectivity index (χ0n) is 14.0. The maximum atomic E-state index is 13.8. The Morgan fingerprint density at radius 3 is 2.68 bits per heavy atom. The number of carbonyl (C=O) groups is 1. The van der Waals surface area contributed by atoms with E-state index in [4.69, 9.17) is 0 Å². The van der Waals surface area contributed by atoms with E-state index < -0.39 is 6.04 Å². The number of rotatable bonds is 5. The number of fused-ring (bicyclic) bond motifs is 1. The number of aromatic amines is 2. The third kappa shape index (κ3) is 3.77. The summed E-state index contributed by atoms with van der Waals surface area (Å²) in [4.78, 5) is 30.8. The molecule has 0 bridgehead atoms. The molecule has 25 heavy (non-hydrogen) atoms. The number of carbonyl (C=O) groups excluding carboxylic acids is 1. The molecule has 3 aromatic rings. The number of H-pyrrole nitrogens is 2.